The van der Waals surface area contributed by atoms with Crippen molar-refractivity contribution in [3.8, 4) is 5.75 Å². The number of fused-ring (bicyclic) bond motifs is 1. The van der Waals surface area contributed by atoms with Crippen molar-refractivity contribution in [1.29, 1.82) is 0 Å². The summed E-state index contributed by atoms with van der Waals surface area (Å²) < 4.78 is 10.9. The highest BCUT2D eigenvalue weighted by Crippen LogP contribution is 2.32. The molecule has 0 radical (unpaired) electrons. The molecule has 1 aliphatic heterocycles. The minimum absolute atomic E-state index is 0.320. The number of hydrogen-bond acceptors (Lipinski definition) is 4. The fourth-order valence-corrected chi connectivity index (χ4v) is 2.60. The van der Waals surface area contributed by atoms with Crippen LogP contribution in [0.5, 0.6) is 5.75 Å². The average molecular weight is 320 g/mol. The number of ether oxygens (including phenoxy) is 2. The van der Waals surface area contributed by atoms with E-state index in [1.807, 2.05) is 26.8 Å². The summed E-state index contributed by atoms with van der Waals surface area (Å²) in [6.07, 6.45) is 1.47. The van der Waals surface area contributed by atoms with Crippen molar-refractivity contribution in [3.63, 3.8) is 0 Å². The molecule has 128 valence electrons. The van der Waals surface area contributed by atoms with Crippen LogP contribution in [0.4, 0.5) is 4.79 Å². The van der Waals surface area contributed by atoms with Gasteiger partial charge in [0.05, 0.1) is 6.61 Å². The van der Waals surface area contributed by atoms with Crippen LogP contribution >= 0.6 is 0 Å². The molecule has 1 amide bonds. The number of carbonyl (C=O) groups excluding carboxylic acids is 1. The van der Waals surface area contributed by atoms with Gasteiger partial charge in [-0.2, -0.15) is 0 Å². The van der Waals surface area contributed by atoms with E-state index in [-0.39, 0.29) is 6.09 Å². The van der Waals surface area contributed by atoms with Crippen molar-refractivity contribution >= 4 is 6.09 Å². The lowest BCUT2D eigenvalue weighted by molar-refractivity contribution is 0.0527. The molecule has 2 rings (SSSR count). The third kappa shape index (κ3) is 5.75. The quantitative estimate of drug-likeness (QED) is 0.817. The van der Waals surface area contributed by atoms with E-state index >= 15 is 0 Å². The number of aryl methyl sites for hydroxylation is 1. The Balaban J connectivity index is 1.72. The number of alkyl carbamates (subject to hydrolysis) is 1. The summed E-state index contributed by atoms with van der Waals surface area (Å²) in [6.45, 7) is 9.86. The monoisotopic (exact) mass is 320 g/mol. The first-order chi connectivity index (χ1) is 10.8. The van der Waals surface area contributed by atoms with Gasteiger partial charge in [-0.15, -0.1) is 0 Å². The third-order valence-electron chi connectivity index (χ3n) is 3.62. The second-order valence-corrected chi connectivity index (χ2v) is 6.97. The summed E-state index contributed by atoms with van der Waals surface area (Å²) in [5, 5.41) is 6.33. The Bertz CT molecular complexity index is 538. The Morgan fingerprint density at radius 2 is 2.13 bits per heavy atom. The predicted molar refractivity (Wildman–Crippen MR) is 90.9 cm³/mol. The minimum Gasteiger partial charge on any atom is -0.493 e. The number of benzene rings is 1. The van der Waals surface area contributed by atoms with Crippen molar-refractivity contribution in [1.82, 2.24) is 10.6 Å². The van der Waals surface area contributed by atoms with Gasteiger partial charge in [0.25, 0.3) is 0 Å². The van der Waals surface area contributed by atoms with Gasteiger partial charge in [-0.25, -0.2) is 4.79 Å². The van der Waals surface area contributed by atoms with E-state index in [0.29, 0.717) is 12.6 Å². The molecule has 1 unspecified atom stereocenters. The zero-order valence-corrected chi connectivity index (χ0v) is 14.6. The van der Waals surface area contributed by atoms with Gasteiger partial charge in [-0.1, -0.05) is 17.7 Å². The largest absolute Gasteiger partial charge is 0.493 e. The number of hydrogen-bond donors (Lipinski definition) is 2. The molecule has 0 saturated heterocycles. The summed E-state index contributed by atoms with van der Waals surface area (Å²) in [6, 6.07) is 6.62. The van der Waals surface area contributed by atoms with Crippen molar-refractivity contribution in [2.75, 3.05) is 19.7 Å². The first-order valence-electron chi connectivity index (χ1n) is 8.29. The lowest BCUT2D eigenvalue weighted by atomic mass is 9.98. The molecule has 1 heterocycles. The Morgan fingerprint density at radius 3 is 2.87 bits per heavy atom. The Hall–Kier alpha value is -1.75. The molecule has 1 aliphatic rings. The second kappa shape index (κ2) is 7.68. The standard InChI is InChI=1S/C18H28N2O3/c1-13-6-7-16-14(12-13)15(8-11-22-16)19-9-5-10-20-17(21)23-18(2,3)4/h6-7,12,15,19H,5,8-11H2,1-4H3,(H,20,21). The molecule has 23 heavy (non-hydrogen) atoms. The molecule has 0 spiro atoms. The Morgan fingerprint density at radius 1 is 1.35 bits per heavy atom. The smallest absolute Gasteiger partial charge is 0.407 e. The Labute approximate surface area is 138 Å². The average Bonchev–Trinajstić information content (AvgIpc) is 2.45. The molecule has 0 saturated carbocycles. The number of amides is 1. The summed E-state index contributed by atoms with van der Waals surface area (Å²) in [7, 11) is 0. The highest BCUT2D eigenvalue weighted by atomic mass is 16.6. The van der Waals surface area contributed by atoms with Crippen molar-refractivity contribution in [2.24, 2.45) is 0 Å². The highest BCUT2D eigenvalue weighted by Gasteiger charge is 2.21. The molecule has 1 atom stereocenters. The molecule has 5 heteroatoms. The van der Waals surface area contributed by atoms with Crippen LogP contribution in [-0.2, 0) is 4.74 Å². The maximum atomic E-state index is 11.6. The maximum Gasteiger partial charge on any atom is 0.407 e. The lowest BCUT2D eigenvalue weighted by Gasteiger charge is -2.27. The molecule has 0 bridgehead atoms. The fourth-order valence-electron chi connectivity index (χ4n) is 2.60. The van der Waals surface area contributed by atoms with Crippen LogP contribution in [0.1, 0.15) is 50.8 Å². The van der Waals surface area contributed by atoms with Crippen LogP contribution < -0.4 is 15.4 Å². The van der Waals surface area contributed by atoms with Crippen LogP contribution in [0.15, 0.2) is 18.2 Å². The lowest BCUT2D eigenvalue weighted by Crippen LogP contribution is -2.34. The van der Waals surface area contributed by atoms with Gasteiger partial charge in [0.2, 0.25) is 0 Å². The van der Waals surface area contributed by atoms with Gasteiger partial charge in [0.15, 0.2) is 0 Å². The third-order valence-corrected chi connectivity index (χ3v) is 3.62. The molecular formula is C18H28N2O3. The second-order valence-electron chi connectivity index (χ2n) is 6.97. The van der Waals surface area contributed by atoms with Crippen LogP contribution in [-0.4, -0.2) is 31.4 Å². The molecule has 1 aromatic carbocycles. The molecule has 5 nitrogen and oxygen atoms in total. The fraction of sp³-hybridized carbons (Fsp3) is 0.611. The minimum atomic E-state index is -0.452. The number of carbonyl (C=O) groups is 1. The highest BCUT2D eigenvalue weighted by molar-refractivity contribution is 5.67. The molecule has 0 aliphatic carbocycles. The zero-order chi connectivity index (χ0) is 16.9. The normalized spacial score (nSPS) is 17.1. The number of rotatable bonds is 5. The maximum absolute atomic E-state index is 11.6. The Kier molecular flexibility index (Phi) is 5.88. The van der Waals surface area contributed by atoms with Gasteiger partial charge in [-0.3, -0.25) is 0 Å². The van der Waals surface area contributed by atoms with E-state index in [2.05, 4.69) is 29.7 Å². The molecule has 0 aromatic heterocycles. The van der Waals surface area contributed by atoms with E-state index in [1.165, 1.54) is 11.1 Å². The topological polar surface area (TPSA) is 59.6 Å². The van der Waals surface area contributed by atoms with E-state index in [9.17, 15) is 4.79 Å². The summed E-state index contributed by atoms with van der Waals surface area (Å²) in [5.41, 5.74) is 2.02. The SMILES string of the molecule is Cc1ccc2c(c1)C(NCCCNC(=O)OC(C)(C)C)CCO2. The van der Waals surface area contributed by atoms with Crippen molar-refractivity contribution < 1.29 is 14.3 Å². The summed E-state index contributed by atoms with van der Waals surface area (Å²) in [4.78, 5) is 11.6. The molecule has 0 fully saturated rings. The van der Waals surface area contributed by atoms with Gasteiger partial charge < -0.3 is 20.1 Å². The van der Waals surface area contributed by atoms with E-state index in [1.54, 1.807) is 0 Å². The van der Waals surface area contributed by atoms with Gasteiger partial charge in [0.1, 0.15) is 11.4 Å². The molecule has 2 N–H and O–H groups in total. The van der Waals surface area contributed by atoms with E-state index in [4.69, 9.17) is 9.47 Å². The van der Waals surface area contributed by atoms with E-state index < -0.39 is 5.60 Å². The van der Waals surface area contributed by atoms with Crippen molar-refractivity contribution in [3.05, 3.63) is 29.3 Å². The van der Waals surface area contributed by atoms with Gasteiger partial charge >= 0.3 is 6.09 Å². The number of nitrogens with one attached hydrogen (secondary N) is 2. The van der Waals surface area contributed by atoms with Crippen LogP contribution in [0.3, 0.4) is 0 Å². The summed E-state index contributed by atoms with van der Waals surface area (Å²) >= 11 is 0. The first-order valence-corrected chi connectivity index (χ1v) is 8.29. The summed E-state index contributed by atoms with van der Waals surface area (Å²) in [5.74, 6) is 0.978. The van der Waals surface area contributed by atoms with Crippen molar-refractivity contribution in [2.45, 2.75) is 52.2 Å². The predicted octanol–water partition coefficient (Wildman–Crippen LogP) is 3.32. The van der Waals surface area contributed by atoms with Gasteiger partial charge in [0, 0.05) is 24.6 Å². The van der Waals surface area contributed by atoms with Crippen LogP contribution in [0.25, 0.3) is 0 Å². The molecule has 1 aromatic rings. The van der Waals surface area contributed by atoms with E-state index in [0.717, 1.165) is 31.7 Å². The van der Waals surface area contributed by atoms with Crippen LogP contribution in [0, 0.1) is 6.92 Å². The molecular weight excluding hydrogens is 292 g/mol. The zero-order valence-electron chi connectivity index (χ0n) is 14.6. The van der Waals surface area contributed by atoms with Gasteiger partial charge in [-0.05, 0) is 46.7 Å². The first kappa shape index (κ1) is 17.6. The van der Waals surface area contributed by atoms with Crippen LogP contribution in [0.2, 0.25) is 0 Å².